The minimum Gasteiger partial charge on any atom is -0.306 e. The zero-order valence-corrected chi connectivity index (χ0v) is 8.91. The Balaban J connectivity index is 1.90. The van der Waals surface area contributed by atoms with Crippen molar-refractivity contribution in [1.29, 1.82) is 0 Å². The lowest BCUT2D eigenvalue weighted by Crippen LogP contribution is -2.54. The van der Waals surface area contributed by atoms with E-state index in [-0.39, 0.29) is 5.92 Å². The molecule has 2 aliphatic carbocycles. The van der Waals surface area contributed by atoms with Gasteiger partial charge in [-0.1, -0.05) is 31.1 Å². The van der Waals surface area contributed by atoms with E-state index in [4.69, 9.17) is 0 Å². The molecule has 0 aromatic rings. The van der Waals surface area contributed by atoms with Crippen molar-refractivity contribution in [2.45, 2.75) is 44.2 Å². The van der Waals surface area contributed by atoms with Gasteiger partial charge in [0.2, 0.25) is 0 Å². The Morgan fingerprint density at radius 3 is 3.07 bits per heavy atom. The maximum Gasteiger partial charge on any atom is 0.165 e. The zero-order chi connectivity index (χ0) is 10.3. The molecule has 1 saturated heterocycles. The van der Waals surface area contributed by atoms with Crippen LogP contribution in [0.25, 0.3) is 0 Å². The molecule has 3 unspecified atom stereocenters. The van der Waals surface area contributed by atoms with Crippen molar-refractivity contribution < 1.29 is 4.79 Å². The van der Waals surface area contributed by atoms with E-state index in [1.165, 1.54) is 19.3 Å². The van der Waals surface area contributed by atoms with Crippen LogP contribution in [-0.4, -0.2) is 17.9 Å². The van der Waals surface area contributed by atoms with Crippen molar-refractivity contribution in [2.24, 2.45) is 5.92 Å². The summed E-state index contributed by atoms with van der Waals surface area (Å²) < 4.78 is 0. The maximum absolute atomic E-state index is 12.3. The molecule has 3 rings (SSSR count). The van der Waals surface area contributed by atoms with Crippen molar-refractivity contribution in [3.8, 4) is 0 Å². The Bertz CT molecular complexity index is 342. The summed E-state index contributed by atoms with van der Waals surface area (Å²) in [6, 6.07) is 0.766. The highest BCUT2D eigenvalue weighted by molar-refractivity contribution is 6.00. The van der Waals surface area contributed by atoms with Crippen LogP contribution in [0.4, 0.5) is 0 Å². The van der Waals surface area contributed by atoms with Crippen molar-refractivity contribution in [1.82, 2.24) is 5.32 Å². The highest BCUT2D eigenvalue weighted by atomic mass is 16.1. The molecule has 1 saturated carbocycles. The van der Waals surface area contributed by atoms with Gasteiger partial charge in [0.15, 0.2) is 5.78 Å². The van der Waals surface area contributed by atoms with Crippen molar-refractivity contribution in [3.05, 3.63) is 23.8 Å². The largest absolute Gasteiger partial charge is 0.306 e. The van der Waals surface area contributed by atoms with Gasteiger partial charge in [-0.25, -0.2) is 0 Å². The summed E-state index contributed by atoms with van der Waals surface area (Å²) in [5.74, 6) is 0.695. The average Bonchev–Trinajstić information content (AvgIpc) is 2.30. The van der Waals surface area contributed by atoms with Gasteiger partial charge in [-0.05, 0) is 19.3 Å². The number of carbonyl (C=O) groups is 1. The second kappa shape index (κ2) is 3.60. The first-order chi connectivity index (χ1) is 7.36. The van der Waals surface area contributed by atoms with E-state index in [0.29, 0.717) is 17.9 Å². The fourth-order valence-corrected chi connectivity index (χ4v) is 3.16. The van der Waals surface area contributed by atoms with Crippen molar-refractivity contribution in [2.75, 3.05) is 0 Å². The second-order valence-corrected chi connectivity index (χ2v) is 4.87. The molecular formula is C13H17NO. The average molecular weight is 203 g/mol. The molecule has 0 bridgehead atoms. The van der Waals surface area contributed by atoms with E-state index in [2.05, 4.69) is 11.4 Å². The van der Waals surface area contributed by atoms with Gasteiger partial charge in [0, 0.05) is 23.6 Å². The lowest BCUT2D eigenvalue weighted by Gasteiger charge is -2.41. The van der Waals surface area contributed by atoms with Crippen LogP contribution in [0, 0.1) is 5.92 Å². The van der Waals surface area contributed by atoms with Crippen LogP contribution in [0.5, 0.6) is 0 Å². The predicted molar refractivity (Wildman–Crippen MR) is 59.5 cm³/mol. The molecule has 0 aromatic heterocycles. The van der Waals surface area contributed by atoms with Crippen LogP contribution in [0.1, 0.15) is 32.1 Å². The van der Waals surface area contributed by atoms with E-state index >= 15 is 0 Å². The topological polar surface area (TPSA) is 29.1 Å². The molecule has 0 radical (unpaired) electrons. The number of hydrogen-bond acceptors (Lipinski definition) is 2. The third kappa shape index (κ3) is 1.48. The first-order valence-electron chi connectivity index (χ1n) is 6.03. The number of nitrogens with one attached hydrogen (secondary N) is 1. The Labute approximate surface area is 90.4 Å². The normalized spacial score (nSPS) is 39.3. The van der Waals surface area contributed by atoms with Crippen molar-refractivity contribution >= 4 is 5.78 Å². The number of rotatable bonds is 0. The standard InChI is InChI=1S/C13H17NO/c15-13-9-5-1-3-7-11(9)14-12-8-4-2-6-10(12)13/h1,3,5,10-12,14H,2,4,6-8H2. The fourth-order valence-electron chi connectivity index (χ4n) is 3.16. The third-order valence-corrected chi connectivity index (χ3v) is 3.96. The van der Waals surface area contributed by atoms with E-state index in [0.717, 1.165) is 18.4 Å². The Morgan fingerprint density at radius 1 is 1.27 bits per heavy atom. The van der Waals surface area contributed by atoms with Gasteiger partial charge in [0.25, 0.3) is 0 Å². The smallest absolute Gasteiger partial charge is 0.165 e. The van der Waals surface area contributed by atoms with Gasteiger partial charge >= 0.3 is 0 Å². The number of hydrogen-bond donors (Lipinski definition) is 1. The predicted octanol–water partition coefficient (Wildman–Crippen LogP) is 1.97. The summed E-state index contributed by atoms with van der Waals surface area (Å²) in [4.78, 5) is 12.3. The summed E-state index contributed by atoms with van der Waals surface area (Å²) in [6.07, 6.45) is 11.9. The van der Waals surface area contributed by atoms with Crippen LogP contribution >= 0.6 is 0 Å². The SMILES string of the molecule is O=C1C2=CC=CCC2NC2CCCCC12. The van der Waals surface area contributed by atoms with Gasteiger partial charge in [-0.2, -0.15) is 0 Å². The van der Waals surface area contributed by atoms with E-state index in [1.54, 1.807) is 0 Å². The fraction of sp³-hybridized carbons (Fsp3) is 0.615. The van der Waals surface area contributed by atoms with Gasteiger partial charge in [0.05, 0.1) is 0 Å². The van der Waals surface area contributed by atoms with Crippen LogP contribution in [0.2, 0.25) is 0 Å². The quantitative estimate of drug-likeness (QED) is 0.652. The van der Waals surface area contributed by atoms with Gasteiger partial charge in [0.1, 0.15) is 0 Å². The summed E-state index contributed by atoms with van der Waals surface area (Å²) >= 11 is 0. The number of Topliss-reactive ketones (excluding diaryl/α,β-unsaturated/α-hetero) is 1. The van der Waals surface area contributed by atoms with Crippen LogP contribution < -0.4 is 5.32 Å². The summed E-state index contributed by atoms with van der Waals surface area (Å²) in [5.41, 5.74) is 1.03. The molecule has 1 N–H and O–H groups in total. The molecule has 3 aliphatic rings. The van der Waals surface area contributed by atoms with Crippen LogP contribution in [-0.2, 0) is 4.79 Å². The van der Waals surface area contributed by atoms with Gasteiger partial charge in [-0.3, -0.25) is 4.79 Å². The molecule has 1 aliphatic heterocycles. The minimum absolute atomic E-state index is 0.271. The molecule has 2 fully saturated rings. The van der Waals surface area contributed by atoms with E-state index < -0.39 is 0 Å². The second-order valence-electron chi connectivity index (χ2n) is 4.87. The first-order valence-corrected chi connectivity index (χ1v) is 6.03. The van der Waals surface area contributed by atoms with Crippen LogP contribution in [0.3, 0.4) is 0 Å². The number of piperidine rings is 1. The number of allylic oxidation sites excluding steroid dienone is 2. The molecule has 2 nitrogen and oxygen atoms in total. The summed E-state index contributed by atoms with van der Waals surface area (Å²) in [6.45, 7) is 0. The molecule has 2 heteroatoms. The molecular weight excluding hydrogens is 186 g/mol. The number of fused-ring (bicyclic) bond motifs is 2. The van der Waals surface area contributed by atoms with Crippen molar-refractivity contribution in [3.63, 3.8) is 0 Å². The highest BCUT2D eigenvalue weighted by Crippen LogP contribution is 2.34. The Morgan fingerprint density at radius 2 is 2.13 bits per heavy atom. The number of ketones is 1. The van der Waals surface area contributed by atoms with E-state index in [1.807, 2.05) is 12.2 Å². The van der Waals surface area contributed by atoms with Gasteiger partial charge in [-0.15, -0.1) is 0 Å². The third-order valence-electron chi connectivity index (χ3n) is 3.96. The van der Waals surface area contributed by atoms with E-state index in [9.17, 15) is 4.79 Å². The zero-order valence-electron chi connectivity index (χ0n) is 8.91. The Hall–Kier alpha value is -0.890. The monoisotopic (exact) mass is 203 g/mol. The van der Waals surface area contributed by atoms with Crippen LogP contribution in [0.15, 0.2) is 23.8 Å². The number of carbonyl (C=O) groups excluding carboxylic acids is 1. The lowest BCUT2D eigenvalue weighted by atomic mass is 9.73. The molecule has 0 amide bonds. The summed E-state index contributed by atoms with van der Waals surface area (Å²) in [7, 11) is 0. The molecule has 15 heavy (non-hydrogen) atoms. The minimum atomic E-state index is 0.271. The molecule has 0 aromatic carbocycles. The molecule has 80 valence electrons. The molecule has 0 spiro atoms. The lowest BCUT2D eigenvalue weighted by molar-refractivity contribution is -0.122. The maximum atomic E-state index is 12.3. The Kier molecular flexibility index (Phi) is 2.24. The first kappa shape index (κ1) is 9.34. The molecule has 3 atom stereocenters. The van der Waals surface area contributed by atoms with Gasteiger partial charge < -0.3 is 5.32 Å². The molecule has 1 heterocycles. The highest BCUT2D eigenvalue weighted by Gasteiger charge is 2.40. The summed E-state index contributed by atoms with van der Waals surface area (Å²) in [5, 5.41) is 3.65.